The molecule has 0 unspecified atom stereocenters. The van der Waals surface area contributed by atoms with Gasteiger partial charge in [0.2, 0.25) is 0 Å². The van der Waals surface area contributed by atoms with Gasteiger partial charge >= 0.3 is 0 Å². The fourth-order valence-electron chi connectivity index (χ4n) is 2.80. The molecule has 1 aliphatic rings. The van der Waals surface area contributed by atoms with Crippen molar-refractivity contribution < 1.29 is 4.74 Å². The summed E-state index contributed by atoms with van der Waals surface area (Å²) >= 11 is 0. The zero-order chi connectivity index (χ0) is 14.9. The van der Waals surface area contributed by atoms with Crippen molar-refractivity contribution in [3.8, 4) is 11.3 Å². The first kappa shape index (κ1) is 13.2. The number of hydrogen-bond acceptors (Lipinski definition) is 4. The van der Waals surface area contributed by atoms with Crippen LogP contribution in [0.3, 0.4) is 0 Å². The maximum atomic E-state index is 12.6. The molecule has 22 heavy (non-hydrogen) atoms. The van der Waals surface area contributed by atoms with Gasteiger partial charge in [0.25, 0.3) is 5.56 Å². The van der Waals surface area contributed by atoms with E-state index in [-0.39, 0.29) is 5.56 Å². The normalized spacial score (nSPS) is 14.5. The topological polar surface area (TPSA) is 57.0 Å². The van der Waals surface area contributed by atoms with Gasteiger partial charge in [-0.05, 0) is 24.3 Å². The maximum Gasteiger partial charge on any atom is 0.261 e. The van der Waals surface area contributed by atoms with E-state index in [0.29, 0.717) is 31.6 Å². The second-order valence-corrected chi connectivity index (χ2v) is 5.29. The van der Waals surface area contributed by atoms with Gasteiger partial charge in [-0.3, -0.25) is 14.3 Å². The molecule has 3 heterocycles. The minimum atomic E-state index is 0.0121. The molecule has 5 nitrogen and oxygen atoms in total. The molecular weight excluding hydrogens is 278 g/mol. The molecule has 4 rings (SSSR count). The van der Waals surface area contributed by atoms with E-state index in [9.17, 15) is 4.79 Å². The highest BCUT2D eigenvalue weighted by atomic mass is 16.5. The van der Waals surface area contributed by atoms with E-state index in [4.69, 9.17) is 4.74 Å². The number of rotatable bonds is 1. The Kier molecular flexibility index (Phi) is 3.20. The van der Waals surface area contributed by atoms with Crippen molar-refractivity contribution in [1.29, 1.82) is 0 Å². The third-order valence-electron chi connectivity index (χ3n) is 3.92. The Morgan fingerprint density at radius 1 is 1.14 bits per heavy atom. The molecule has 0 saturated carbocycles. The quantitative estimate of drug-likeness (QED) is 0.689. The number of fused-ring (bicyclic) bond motifs is 2. The van der Waals surface area contributed by atoms with Crippen molar-refractivity contribution in [2.75, 3.05) is 13.2 Å². The number of pyridine rings is 1. The summed E-state index contributed by atoms with van der Waals surface area (Å²) in [4.78, 5) is 21.7. The van der Waals surface area contributed by atoms with Crippen LogP contribution in [0.4, 0.5) is 0 Å². The SMILES string of the molecule is O=c1c2ccc(-c3ccccn3)cc2nc2n1CCOCC2. The highest BCUT2D eigenvalue weighted by Gasteiger charge is 2.14. The third kappa shape index (κ3) is 2.19. The van der Waals surface area contributed by atoms with Crippen molar-refractivity contribution >= 4 is 10.9 Å². The van der Waals surface area contributed by atoms with Gasteiger partial charge in [-0.25, -0.2) is 4.98 Å². The van der Waals surface area contributed by atoms with Crippen LogP contribution in [-0.4, -0.2) is 27.7 Å². The summed E-state index contributed by atoms with van der Waals surface area (Å²) in [6.07, 6.45) is 2.43. The molecule has 110 valence electrons. The molecule has 0 aliphatic carbocycles. The summed E-state index contributed by atoms with van der Waals surface area (Å²) in [5, 5.41) is 0.644. The minimum Gasteiger partial charge on any atom is -0.379 e. The lowest BCUT2D eigenvalue weighted by atomic mass is 10.1. The van der Waals surface area contributed by atoms with Crippen LogP contribution in [0.1, 0.15) is 5.82 Å². The maximum absolute atomic E-state index is 12.6. The number of benzene rings is 1. The van der Waals surface area contributed by atoms with Crippen LogP contribution in [0.25, 0.3) is 22.2 Å². The van der Waals surface area contributed by atoms with E-state index in [1.807, 2.05) is 36.4 Å². The summed E-state index contributed by atoms with van der Waals surface area (Å²) in [5.41, 5.74) is 2.58. The summed E-state index contributed by atoms with van der Waals surface area (Å²) in [5.74, 6) is 0.799. The van der Waals surface area contributed by atoms with Gasteiger partial charge in [0.15, 0.2) is 0 Å². The molecule has 5 heteroatoms. The van der Waals surface area contributed by atoms with E-state index < -0.39 is 0 Å². The molecule has 0 atom stereocenters. The molecule has 0 N–H and O–H groups in total. The fourth-order valence-corrected chi connectivity index (χ4v) is 2.80. The van der Waals surface area contributed by atoms with Crippen LogP contribution in [0.15, 0.2) is 47.4 Å². The fraction of sp³-hybridized carbons (Fsp3) is 0.235. The zero-order valence-corrected chi connectivity index (χ0v) is 12.0. The standard InChI is InChI=1S/C17H15N3O2/c21-17-13-5-4-12(14-3-1-2-7-18-14)11-15(13)19-16-6-9-22-10-8-20(16)17/h1-5,7,11H,6,8-10H2. The second kappa shape index (κ2) is 5.35. The Hall–Kier alpha value is -2.53. The van der Waals surface area contributed by atoms with Crippen LogP contribution in [-0.2, 0) is 17.7 Å². The molecule has 0 fully saturated rings. The lowest BCUT2D eigenvalue weighted by Gasteiger charge is -2.10. The van der Waals surface area contributed by atoms with Crippen molar-refractivity contribution in [2.45, 2.75) is 13.0 Å². The number of ether oxygens (including phenoxy) is 1. The average molecular weight is 293 g/mol. The largest absolute Gasteiger partial charge is 0.379 e. The summed E-state index contributed by atoms with van der Waals surface area (Å²) in [7, 11) is 0. The molecule has 0 saturated heterocycles. The van der Waals surface area contributed by atoms with Crippen LogP contribution >= 0.6 is 0 Å². The van der Waals surface area contributed by atoms with E-state index in [2.05, 4.69) is 9.97 Å². The second-order valence-electron chi connectivity index (χ2n) is 5.29. The van der Waals surface area contributed by atoms with Crippen molar-refractivity contribution in [1.82, 2.24) is 14.5 Å². The molecule has 2 aromatic heterocycles. The number of nitrogens with zero attached hydrogens (tertiary/aromatic N) is 3. The van der Waals surface area contributed by atoms with Crippen LogP contribution in [0.2, 0.25) is 0 Å². The first-order valence-electron chi connectivity index (χ1n) is 7.35. The van der Waals surface area contributed by atoms with Gasteiger partial charge in [0.05, 0.1) is 36.4 Å². The third-order valence-corrected chi connectivity index (χ3v) is 3.92. The van der Waals surface area contributed by atoms with Gasteiger partial charge in [0, 0.05) is 18.2 Å². The molecule has 0 bridgehead atoms. The van der Waals surface area contributed by atoms with Gasteiger partial charge in [0.1, 0.15) is 5.82 Å². The summed E-state index contributed by atoms with van der Waals surface area (Å²) in [6, 6.07) is 11.5. The predicted molar refractivity (Wildman–Crippen MR) is 83.8 cm³/mol. The van der Waals surface area contributed by atoms with E-state index >= 15 is 0 Å². The van der Waals surface area contributed by atoms with Crippen molar-refractivity contribution in [3.63, 3.8) is 0 Å². The lowest BCUT2D eigenvalue weighted by molar-refractivity contribution is 0.140. The van der Waals surface area contributed by atoms with Gasteiger partial charge in [-0.1, -0.05) is 12.1 Å². The Balaban J connectivity index is 1.92. The molecule has 1 aromatic carbocycles. The van der Waals surface area contributed by atoms with E-state index in [1.54, 1.807) is 10.8 Å². The van der Waals surface area contributed by atoms with Gasteiger partial charge < -0.3 is 4.74 Å². The van der Waals surface area contributed by atoms with Crippen LogP contribution in [0.5, 0.6) is 0 Å². The van der Waals surface area contributed by atoms with Crippen molar-refractivity contribution in [3.05, 3.63) is 58.8 Å². The Labute approximate surface area is 127 Å². The van der Waals surface area contributed by atoms with Crippen LogP contribution < -0.4 is 5.56 Å². The Morgan fingerprint density at radius 3 is 2.95 bits per heavy atom. The minimum absolute atomic E-state index is 0.0121. The predicted octanol–water partition coefficient (Wildman–Crippen LogP) is 2.03. The Morgan fingerprint density at radius 2 is 2.09 bits per heavy atom. The highest BCUT2D eigenvalue weighted by molar-refractivity contribution is 5.82. The van der Waals surface area contributed by atoms with Gasteiger partial charge in [-0.15, -0.1) is 0 Å². The molecule has 0 amide bonds. The molecule has 0 radical (unpaired) electrons. The van der Waals surface area contributed by atoms with Crippen molar-refractivity contribution in [2.24, 2.45) is 0 Å². The first-order chi connectivity index (χ1) is 10.8. The zero-order valence-electron chi connectivity index (χ0n) is 12.0. The number of hydrogen-bond donors (Lipinski definition) is 0. The summed E-state index contributed by atoms with van der Waals surface area (Å²) < 4.78 is 7.17. The molecular formula is C17H15N3O2. The summed E-state index contributed by atoms with van der Waals surface area (Å²) in [6.45, 7) is 1.74. The van der Waals surface area contributed by atoms with Gasteiger partial charge in [-0.2, -0.15) is 0 Å². The number of aromatic nitrogens is 3. The van der Waals surface area contributed by atoms with E-state index in [1.165, 1.54) is 0 Å². The smallest absolute Gasteiger partial charge is 0.261 e. The first-order valence-corrected chi connectivity index (χ1v) is 7.35. The molecule has 1 aliphatic heterocycles. The Bertz CT molecular complexity index is 888. The monoisotopic (exact) mass is 293 g/mol. The molecule has 0 spiro atoms. The highest BCUT2D eigenvalue weighted by Crippen LogP contribution is 2.20. The average Bonchev–Trinajstić information content (AvgIpc) is 2.81. The molecule has 3 aromatic rings. The van der Waals surface area contributed by atoms with E-state index in [0.717, 1.165) is 22.6 Å². The lowest BCUT2D eigenvalue weighted by Crippen LogP contribution is -2.25. The van der Waals surface area contributed by atoms with Crippen LogP contribution in [0, 0.1) is 0 Å².